The lowest BCUT2D eigenvalue weighted by Crippen LogP contribution is -2.30. The first-order valence-electron chi connectivity index (χ1n) is 20.1. The zero-order valence-electron chi connectivity index (χ0n) is 31.7. The first-order valence-corrected chi connectivity index (χ1v) is 20.9. The predicted octanol–water partition coefficient (Wildman–Crippen LogP) is 11.9. The summed E-state index contributed by atoms with van der Waals surface area (Å²) in [5, 5.41) is 24.1. The highest BCUT2D eigenvalue weighted by molar-refractivity contribution is 7.19. The highest BCUT2D eigenvalue weighted by Gasteiger charge is 2.39. The van der Waals surface area contributed by atoms with Crippen LogP contribution < -0.4 is 10.4 Å². The molecule has 2 unspecified atom stereocenters. The van der Waals surface area contributed by atoms with Crippen LogP contribution in [0.1, 0.15) is 76.3 Å². The molecule has 5 aromatic rings. The molecule has 0 amide bonds. The van der Waals surface area contributed by atoms with E-state index >= 15 is 0 Å². The molecule has 5 aliphatic rings. The summed E-state index contributed by atoms with van der Waals surface area (Å²) in [6.07, 6.45) is 30.3. The third kappa shape index (κ3) is 5.99. The minimum atomic E-state index is 0.0932. The number of nitriles is 2. The van der Waals surface area contributed by atoms with Crippen molar-refractivity contribution >= 4 is 43.7 Å². The van der Waals surface area contributed by atoms with Gasteiger partial charge in [-0.1, -0.05) is 140 Å². The van der Waals surface area contributed by atoms with Gasteiger partial charge >= 0.3 is 0 Å². The van der Waals surface area contributed by atoms with Gasteiger partial charge in [0.2, 0.25) is 0 Å². The quantitative estimate of drug-likeness (QED) is 0.184. The van der Waals surface area contributed by atoms with Crippen molar-refractivity contribution in [2.24, 2.45) is 5.92 Å². The number of benzene rings is 4. The van der Waals surface area contributed by atoms with Crippen LogP contribution in [0.5, 0.6) is 0 Å². The fourth-order valence-corrected chi connectivity index (χ4v) is 11.0. The second-order valence-electron chi connectivity index (χ2n) is 15.3. The van der Waals surface area contributed by atoms with Crippen molar-refractivity contribution < 1.29 is 0 Å². The molecule has 10 rings (SSSR count). The van der Waals surface area contributed by atoms with Gasteiger partial charge in [0.05, 0.1) is 23.3 Å². The van der Waals surface area contributed by atoms with Crippen molar-refractivity contribution in [3.63, 3.8) is 0 Å². The molecule has 0 N–H and O–H groups in total. The lowest BCUT2D eigenvalue weighted by atomic mass is 9.64. The summed E-state index contributed by atoms with van der Waals surface area (Å²) in [4.78, 5) is 1.45. The van der Waals surface area contributed by atoms with E-state index in [9.17, 15) is 10.5 Å². The van der Waals surface area contributed by atoms with E-state index in [1.54, 1.807) is 0 Å². The predicted molar refractivity (Wildman–Crippen MR) is 236 cm³/mol. The van der Waals surface area contributed by atoms with Gasteiger partial charge in [-0.15, -0.1) is 11.3 Å². The summed E-state index contributed by atoms with van der Waals surface area (Å²) < 4.78 is 1.32. The van der Waals surface area contributed by atoms with Crippen LogP contribution in [-0.4, -0.2) is 0 Å². The van der Waals surface area contributed by atoms with Crippen LogP contribution in [0, 0.1) is 28.6 Å². The van der Waals surface area contributed by atoms with Crippen LogP contribution in [0.4, 0.5) is 0 Å². The number of nitrogens with zero attached hydrogens (tertiary/aromatic N) is 2. The largest absolute Gasteiger partial charge is 0.192 e. The normalized spacial score (nSPS) is 22.7. The average molecular weight is 749 g/mol. The second kappa shape index (κ2) is 14.9. The van der Waals surface area contributed by atoms with Crippen LogP contribution in [0.2, 0.25) is 0 Å². The monoisotopic (exact) mass is 748 g/mol. The van der Waals surface area contributed by atoms with E-state index in [0.717, 1.165) is 49.7 Å². The number of hydrogen-bond donors (Lipinski definition) is 0. The van der Waals surface area contributed by atoms with Gasteiger partial charge in [-0.25, -0.2) is 0 Å². The molecule has 0 saturated carbocycles. The summed E-state index contributed by atoms with van der Waals surface area (Å²) in [5.41, 5.74) is 15.3. The summed E-state index contributed by atoms with van der Waals surface area (Å²) in [6.45, 7) is 0. The molecule has 0 bridgehead atoms. The van der Waals surface area contributed by atoms with Gasteiger partial charge in [0, 0.05) is 32.4 Å². The Kier molecular flexibility index (Phi) is 9.10. The number of hydrogen-bond acceptors (Lipinski definition) is 3. The number of rotatable bonds is 4. The van der Waals surface area contributed by atoms with Gasteiger partial charge in [0.25, 0.3) is 0 Å². The Labute approximate surface area is 338 Å². The molecule has 0 fully saturated rings. The lowest BCUT2D eigenvalue weighted by Gasteiger charge is -2.39. The van der Waals surface area contributed by atoms with Gasteiger partial charge in [0.1, 0.15) is 0 Å². The SMILES string of the molecule is N#CC1=CCCC=C1C1c2ccccc2C(C2=CCCc3sc4ccc(/C5=c6\cccc\c6=C(/c6ccccc6C#N)C/C=C\C=C/C5)cc4c32)=C2C=CC=CC21. The van der Waals surface area contributed by atoms with Crippen molar-refractivity contribution in [1.29, 1.82) is 10.5 Å². The Bertz CT molecular complexity index is 2990. The van der Waals surface area contributed by atoms with Crippen LogP contribution >= 0.6 is 11.3 Å². The highest BCUT2D eigenvalue weighted by atomic mass is 32.1. The summed E-state index contributed by atoms with van der Waals surface area (Å²) in [7, 11) is 0. The third-order valence-corrected chi connectivity index (χ3v) is 13.5. The number of allylic oxidation sites excluding steroid dienone is 16. The Hall–Kier alpha value is -6.52. The van der Waals surface area contributed by atoms with Crippen LogP contribution in [0.3, 0.4) is 0 Å². The summed E-state index contributed by atoms with van der Waals surface area (Å²) in [6, 6.07) is 37.9. The Morgan fingerprint density at radius 3 is 2.26 bits per heavy atom. The molecule has 0 aliphatic heterocycles. The summed E-state index contributed by atoms with van der Waals surface area (Å²) in [5.74, 6) is 0.232. The van der Waals surface area contributed by atoms with E-state index in [0.29, 0.717) is 5.56 Å². The Balaban J connectivity index is 1.19. The van der Waals surface area contributed by atoms with Gasteiger partial charge in [-0.2, -0.15) is 10.5 Å². The second-order valence-corrected chi connectivity index (χ2v) is 16.5. The molecule has 2 atom stereocenters. The van der Waals surface area contributed by atoms with Crippen molar-refractivity contribution in [3.05, 3.63) is 223 Å². The first kappa shape index (κ1) is 34.9. The topological polar surface area (TPSA) is 47.6 Å². The third-order valence-electron chi connectivity index (χ3n) is 12.3. The molecule has 0 saturated heterocycles. The fourth-order valence-electron chi connectivity index (χ4n) is 9.82. The van der Waals surface area contributed by atoms with E-state index in [1.807, 2.05) is 29.5 Å². The smallest absolute Gasteiger partial charge is 0.0998 e. The fraction of sp³-hybridized carbons (Fsp3) is 0.148. The number of thiophene rings is 1. The zero-order valence-corrected chi connectivity index (χ0v) is 32.5. The van der Waals surface area contributed by atoms with Crippen molar-refractivity contribution in [2.75, 3.05) is 0 Å². The Morgan fingerprint density at radius 1 is 0.667 bits per heavy atom. The molecule has 5 aliphatic carbocycles. The molecule has 4 aromatic carbocycles. The average Bonchev–Trinajstić information content (AvgIpc) is 3.65. The maximum Gasteiger partial charge on any atom is 0.0998 e. The lowest BCUT2D eigenvalue weighted by molar-refractivity contribution is 0.639. The summed E-state index contributed by atoms with van der Waals surface area (Å²) >= 11 is 1.95. The first-order chi connectivity index (χ1) is 28.2. The van der Waals surface area contributed by atoms with Gasteiger partial charge in [-0.05, 0) is 123 Å². The molecule has 272 valence electrons. The number of fused-ring (bicyclic) bond motifs is 6. The standard InChI is InChI=1S/C54H40N2S/c55-33-36-16-5-7-19-39(36)42-21-4-2-1-3-18-38(41-22-9-10-23-43(41)42)35-30-31-50-49(32-35)54-48(28-15-29-51(54)57-50)53-46-26-13-11-24-44(46)52(45-25-12-14-27-47(45)53)40-20-8-6-17-37(40)34-56/h1-5,7,9-14,16-17,19-20,22-28,30-32,44,52H,6,8,15,18,21,29H2/b3-1-,4-2-,41-38+,43-42+. The molecule has 1 aromatic heterocycles. The molecule has 0 spiro atoms. The molecule has 57 heavy (non-hydrogen) atoms. The van der Waals surface area contributed by atoms with E-state index in [-0.39, 0.29) is 11.8 Å². The zero-order chi connectivity index (χ0) is 38.3. The highest BCUT2D eigenvalue weighted by Crippen LogP contribution is 2.55. The Morgan fingerprint density at radius 2 is 1.42 bits per heavy atom. The van der Waals surface area contributed by atoms with E-state index in [1.165, 1.54) is 81.1 Å². The van der Waals surface area contributed by atoms with Crippen LogP contribution in [0.15, 0.2) is 175 Å². The van der Waals surface area contributed by atoms with E-state index < -0.39 is 0 Å². The molecular weight excluding hydrogens is 709 g/mol. The molecule has 0 radical (unpaired) electrons. The van der Waals surface area contributed by atoms with E-state index in [4.69, 9.17) is 0 Å². The molecule has 2 nitrogen and oxygen atoms in total. The number of aryl methyl sites for hydroxylation is 1. The van der Waals surface area contributed by atoms with Crippen molar-refractivity contribution in [2.45, 2.75) is 44.4 Å². The van der Waals surface area contributed by atoms with Gasteiger partial charge in [-0.3, -0.25) is 0 Å². The van der Waals surface area contributed by atoms with Crippen molar-refractivity contribution in [3.8, 4) is 12.1 Å². The van der Waals surface area contributed by atoms with Crippen LogP contribution in [0.25, 0.3) is 32.4 Å². The molecule has 3 heteroatoms. The maximum atomic E-state index is 10.3. The maximum absolute atomic E-state index is 10.3. The minimum absolute atomic E-state index is 0.0932. The van der Waals surface area contributed by atoms with E-state index in [2.05, 4.69) is 152 Å². The van der Waals surface area contributed by atoms with Gasteiger partial charge in [0.15, 0.2) is 0 Å². The van der Waals surface area contributed by atoms with Gasteiger partial charge < -0.3 is 0 Å². The molecular formula is C54H40N2S. The van der Waals surface area contributed by atoms with Crippen LogP contribution in [-0.2, 0) is 6.42 Å². The van der Waals surface area contributed by atoms with Crippen molar-refractivity contribution in [1.82, 2.24) is 0 Å². The minimum Gasteiger partial charge on any atom is -0.192 e. The molecule has 1 heterocycles.